The number of nitrogens with zero attached hydrogens (tertiary/aromatic N) is 1. The highest BCUT2D eigenvalue weighted by Gasteiger charge is 2.26. The minimum Gasteiger partial charge on any atom is -0.488 e. The van der Waals surface area contributed by atoms with Crippen molar-refractivity contribution in [2.45, 2.75) is 46.4 Å². The SMILES string of the molecule is Cc1cccc2c1-c1sc(C(=O)N(CCCOC(C)C)Cc3ccco3)cc1CO2. The van der Waals surface area contributed by atoms with E-state index in [9.17, 15) is 4.79 Å². The molecule has 6 heteroatoms. The summed E-state index contributed by atoms with van der Waals surface area (Å²) in [6.45, 7) is 8.30. The van der Waals surface area contributed by atoms with Gasteiger partial charge >= 0.3 is 0 Å². The van der Waals surface area contributed by atoms with Crippen LogP contribution in [0.15, 0.2) is 47.1 Å². The number of furan rings is 1. The normalized spacial score (nSPS) is 12.4. The molecule has 3 heterocycles. The molecule has 4 rings (SSSR count). The maximum absolute atomic E-state index is 13.4. The fourth-order valence-corrected chi connectivity index (χ4v) is 4.88. The standard InChI is InChI=1S/C24H27NO4S/c1-16(2)27-12-6-10-25(14-19-8-5-11-28-19)24(26)21-13-18-15-29-20-9-4-7-17(3)22(20)23(18)30-21/h4-5,7-9,11,13,16H,6,10,12,14-15H2,1-3H3. The van der Waals surface area contributed by atoms with E-state index in [1.54, 1.807) is 17.6 Å². The molecule has 0 fully saturated rings. The molecule has 1 aliphatic heterocycles. The first-order valence-corrected chi connectivity index (χ1v) is 11.1. The number of benzene rings is 1. The number of carbonyl (C=O) groups excluding carboxylic acids is 1. The number of carbonyl (C=O) groups is 1. The quantitative estimate of drug-likeness (QED) is 0.437. The van der Waals surface area contributed by atoms with Crippen molar-refractivity contribution in [2.75, 3.05) is 13.2 Å². The Labute approximate surface area is 181 Å². The van der Waals surface area contributed by atoms with Gasteiger partial charge in [0.2, 0.25) is 0 Å². The summed E-state index contributed by atoms with van der Waals surface area (Å²) >= 11 is 1.55. The molecule has 3 aromatic rings. The van der Waals surface area contributed by atoms with Crippen LogP contribution >= 0.6 is 11.3 Å². The third-order valence-corrected chi connectivity index (χ3v) is 6.28. The van der Waals surface area contributed by atoms with Crippen LogP contribution in [0.3, 0.4) is 0 Å². The van der Waals surface area contributed by atoms with Crippen molar-refractivity contribution in [3.8, 4) is 16.2 Å². The van der Waals surface area contributed by atoms with Crippen LogP contribution in [0.4, 0.5) is 0 Å². The predicted molar refractivity (Wildman–Crippen MR) is 118 cm³/mol. The average Bonchev–Trinajstić information content (AvgIpc) is 3.39. The zero-order chi connectivity index (χ0) is 21.1. The summed E-state index contributed by atoms with van der Waals surface area (Å²) in [7, 11) is 0. The van der Waals surface area contributed by atoms with Crippen LogP contribution < -0.4 is 4.74 Å². The molecule has 0 N–H and O–H groups in total. The average molecular weight is 426 g/mol. The van der Waals surface area contributed by atoms with E-state index in [-0.39, 0.29) is 12.0 Å². The maximum Gasteiger partial charge on any atom is 0.264 e. The van der Waals surface area contributed by atoms with E-state index in [2.05, 4.69) is 13.0 Å². The van der Waals surface area contributed by atoms with Crippen molar-refractivity contribution in [1.82, 2.24) is 4.90 Å². The van der Waals surface area contributed by atoms with Gasteiger partial charge in [-0.3, -0.25) is 4.79 Å². The van der Waals surface area contributed by atoms with Crippen molar-refractivity contribution in [2.24, 2.45) is 0 Å². The number of ether oxygens (including phenoxy) is 2. The molecular weight excluding hydrogens is 398 g/mol. The van der Waals surface area contributed by atoms with Crippen molar-refractivity contribution in [1.29, 1.82) is 0 Å². The Kier molecular flexibility index (Phi) is 6.25. The zero-order valence-corrected chi connectivity index (χ0v) is 18.5. The van der Waals surface area contributed by atoms with Gasteiger partial charge in [-0.1, -0.05) is 12.1 Å². The first kappa shape index (κ1) is 20.7. The van der Waals surface area contributed by atoms with Crippen molar-refractivity contribution in [3.63, 3.8) is 0 Å². The Morgan fingerprint density at radius 2 is 2.13 bits per heavy atom. The Balaban J connectivity index is 1.56. The van der Waals surface area contributed by atoms with Crippen molar-refractivity contribution >= 4 is 17.2 Å². The molecule has 1 aromatic carbocycles. The molecule has 0 atom stereocenters. The molecule has 0 spiro atoms. The lowest BCUT2D eigenvalue weighted by Crippen LogP contribution is -2.31. The van der Waals surface area contributed by atoms with Crippen LogP contribution in [0.5, 0.6) is 5.75 Å². The fourth-order valence-electron chi connectivity index (χ4n) is 3.63. The Bertz CT molecular complexity index is 1010. The van der Waals surface area contributed by atoms with E-state index < -0.39 is 0 Å². The van der Waals surface area contributed by atoms with Crippen molar-refractivity contribution in [3.05, 3.63) is 64.4 Å². The summed E-state index contributed by atoms with van der Waals surface area (Å²) in [5.41, 5.74) is 3.34. The highest BCUT2D eigenvalue weighted by atomic mass is 32.1. The number of aryl methyl sites for hydroxylation is 1. The van der Waals surface area contributed by atoms with Crippen LogP contribution in [0.1, 0.15) is 46.8 Å². The first-order chi connectivity index (χ1) is 14.5. The molecule has 0 bridgehead atoms. The van der Waals surface area contributed by atoms with Gasteiger partial charge < -0.3 is 18.8 Å². The van der Waals surface area contributed by atoms with Gasteiger partial charge in [0.25, 0.3) is 5.91 Å². The lowest BCUT2D eigenvalue weighted by Gasteiger charge is -2.21. The van der Waals surface area contributed by atoms with E-state index in [0.29, 0.717) is 26.3 Å². The Morgan fingerprint density at radius 1 is 1.27 bits per heavy atom. The summed E-state index contributed by atoms with van der Waals surface area (Å²) < 4.78 is 17.1. The number of hydrogen-bond acceptors (Lipinski definition) is 5. The van der Waals surface area contributed by atoms with Crippen LogP contribution in [0.25, 0.3) is 10.4 Å². The van der Waals surface area contributed by atoms with Crippen LogP contribution in [-0.2, 0) is 17.9 Å². The molecule has 2 aromatic heterocycles. The van der Waals surface area contributed by atoms with E-state index in [0.717, 1.165) is 44.4 Å². The summed E-state index contributed by atoms with van der Waals surface area (Å²) in [4.78, 5) is 17.1. The monoisotopic (exact) mass is 425 g/mol. The molecule has 0 radical (unpaired) electrons. The number of thiophene rings is 1. The number of amides is 1. The second-order valence-electron chi connectivity index (χ2n) is 7.78. The lowest BCUT2D eigenvalue weighted by molar-refractivity contribution is 0.0598. The van der Waals surface area contributed by atoms with Gasteiger partial charge in [0, 0.05) is 29.2 Å². The van der Waals surface area contributed by atoms with Crippen molar-refractivity contribution < 1.29 is 18.7 Å². The van der Waals surface area contributed by atoms with Gasteiger partial charge in [0.1, 0.15) is 18.1 Å². The molecule has 0 unspecified atom stereocenters. The maximum atomic E-state index is 13.4. The highest BCUT2D eigenvalue weighted by molar-refractivity contribution is 7.17. The minimum atomic E-state index is 0.0190. The third kappa shape index (κ3) is 4.45. The second kappa shape index (κ2) is 9.06. The third-order valence-electron chi connectivity index (χ3n) is 5.10. The largest absolute Gasteiger partial charge is 0.488 e. The van der Waals surface area contributed by atoms with Gasteiger partial charge in [0.05, 0.1) is 23.8 Å². The topological polar surface area (TPSA) is 51.9 Å². The smallest absolute Gasteiger partial charge is 0.264 e. The molecular formula is C24H27NO4S. The molecule has 1 aliphatic rings. The van der Waals surface area contributed by atoms with Gasteiger partial charge in [0.15, 0.2) is 0 Å². The number of hydrogen-bond donors (Lipinski definition) is 0. The zero-order valence-electron chi connectivity index (χ0n) is 17.6. The van der Waals surface area contributed by atoms with E-state index in [4.69, 9.17) is 13.9 Å². The fraction of sp³-hybridized carbons (Fsp3) is 0.375. The predicted octanol–water partition coefficient (Wildman–Crippen LogP) is 5.67. The molecule has 1 amide bonds. The van der Waals surface area contributed by atoms with E-state index >= 15 is 0 Å². The highest BCUT2D eigenvalue weighted by Crippen LogP contribution is 2.44. The molecule has 0 aliphatic carbocycles. The second-order valence-corrected chi connectivity index (χ2v) is 8.83. The van der Waals surface area contributed by atoms with Gasteiger partial charge in [-0.2, -0.15) is 0 Å². The van der Waals surface area contributed by atoms with Gasteiger partial charge in [-0.15, -0.1) is 11.3 Å². The van der Waals surface area contributed by atoms with Crippen LogP contribution in [-0.4, -0.2) is 30.1 Å². The lowest BCUT2D eigenvalue weighted by atomic mass is 10.0. The summed E-state index contributed by atoms with van der Waals surface area (Å²) in [6, 6.07) is 11.8. The first-order valence-electron chi connectivity index (χ1n) is 10.3. The van der Waals surface area contributed by atoms with E-state index in [1.165, 1.54) is 0 Å². The van der Waals surface area contributed by atoms with Gasteiger partial charge in [-0.25, -0.2) is 0 Å². The number of rotatable bonds is 8. The molecule has 0 saturated carbocycles. The van der Waals surface area contributed by atoms with Gasteiger partial charge in [-0.05, 0) is 57.0 Å². The Morgan fingerprint density at radius 3 is 2.90 bits per heavy atom. The van der Waals surface area contributed by atoms with Crippen LogP contribution in [0.2, 0.25) is 0 Å². The van der Waals surface area contributed by atoms with E-state index in [1.807, 2.05) is 49.1 Å². The van der Waals surface area contributed by atoms with Crippen LogP contribution in [0, 0.1) is 6.92 Å². The molecule has 158 valence electrons. The summed E-state index contributed by atoms with van der Waals surface area (Å²) in [6.07, 6.45) is 2.60. The Hall–Kier alpha value is -2.57. The summed E-state index contributed by atoms with van der Waals surface area (Å²) in [5.74, 6) is 1.69. The molecule has 0 saturated heterocycles. The minimum absolute atomic E-state index is 0.0190. The molecule has 30 heavy (non-hydrogen) atoms. The number of fused-ring (bicyclic) bond motifs is 3. The molecule has 5 nitrogen and oxygen atoms in total. The summed E-state index contributed by atoms with van der Waals surface area (Å²) in [5, 5.41) is 0.